The third-order valence-electron chi connectivity index (χ3n) is 0.946. The van der Waals surface area contributed by atoms with E-state index in [4.69, 9.17) is 22.4 Å². The smallest absolute Gasteiger partial charge is 0.136 e. The molecule has 0 aromatic heterocycles. The van der Waals surface area contributed by atoms with E-state index in [0.29, 0.717) is 0 Å². The lowest BCUT2D eigenvalue weighted by Gasteiger charge is -1.94. The molecule has 2 N–H and O–H groups in total. The Balaban J connectivity index is 3.17. The van der Waals surface area contributed by atoms with E-state index >= 15 is 0 Å². The van der Waals surface area contributed by atoms with Crippen LogP contribution in [0.3, 0.4) is 0 Å². The van der Waals surface area contributed by atoms with E-state index in [0.717, 1.165) is 0 Å². The van der Waals surface area contributed by atoms with Crippen LogP contribution in [0.15, 0.2) is 18.2 Å². The second kappa shape index (κ2) is 2.15. The Morgan fingerprint density at radius 3 is 2.56 bits per heavy atom. The minimum absolute atomic E-state index is 0.0378. The molecular formula is C6H5ClNO. The highest BCUT2D eigenvalue weighted by atomic mass is 35.5. The van der Waals surface area contributed by atoms with Gasteiger partial charge in [0.15, 0.2) is 0 Å². The first kappa shape index (κ1) is 6.23. The average molecular weight is 143 g/mol. The quantitative estimate of drug-likeness (QED) is 0.591. The topological polar surface area (TPSA) is 44.0 Å². The maximum atomic E-state index is 8.85. The van der Waals surface area contributed by atoms with Gasteiger partial charge in [-0.15, -0.1) is 0 Å². The Morgan fingerprint density at radius 1 is 1.44 bits per heavy atom. The van der Waals surface area contributed by atoms with Gasteiger partial charge in [-0.05, 0) is 12.1 Å². The van der Waals surface area contributed by atoms with E-state index in [9.17, 15) is 0 Å². The van der Waals surface area contributed by atoms with Gasteiger partial charge in [-0.1, -0.05) is 11.6 Å². The van der Waals surface area contributed by atoms with E-state index in [2.05, 4.69) is 0 Å². The molecular weight excluding hydrogens is 138 g/mol. The summed E-state index contributed by atoms with van der Waals surface area (Å²) < 4.78 is 0. The van der Waals surface area contributed by atoms with Crippen molar-refractivity contribution in [2.24, 2.45) is 0 Å². The minimum Gasteiger partial charge on any atom is -0.506 e. The third-order valence-corrected chi connectivity index (χ3v) is 1.27. The van der Waals surface area contributed by atoms with E-state index < -0.39 is 0 Å². The number of aromatic hydroxyl groups is 1. The van der Waals surface area contributed by atoms with Crippen molar-refractivity contribution in [2.75, 3.05) is 0 Å². The van der Waals surface area contributed by atoms with Crippen LogP contribution < -0.4 is 5.73 Å². The Bertz CT molecular complexity index is 224. The van der Waals surface area contributed by atoms with Crippen molar-refractivity contribution in [1.82, 2.24) is 5.73 Å². The molecule has 0 fully saturated rings. The molecule has 1 aromatic carbocycles. The molecule has 47 valence electrons. The fourth-order valence-corrected chi connectivity index (χ4v) is 0.630. The SMILES string of the molecule is [NH]c1ccc(Cl)c(O)c1. The molecule has 1 radical (unpaired) electrons. The highest BCUT2D eigenvalue weighted by Crippen LogP contribution is 2.24. The van der Waals surface area contributed by atoms with E-state index in [-0.39, 0.29) is 16.5 Å². The Hall–Kier alpha value is -0.890. The van der Waals surface area contributed by atoms with Crippen molar-refractivity contribution in [2.45, 2.75) is 0 Å². The first-order chi connectivity index (χ1) is 4.20. The van der Waals surface area contributed by atoms with Gasteiger partial charge in [-0.3, -0.25) is 0 Å². The highest BCUT2D eigenvalue weighted by Gasteiger charge is 1.95. The zero-order chi connectivity index (χ0) is 6.85. The summed E-state index contributed by atoms with van der Waals surface area (Å²) >= 11 is 5.45. The summed E-state index contributed by atoms with van der Waals surface area (Å²) in [7, 11) is 0. The number of hydrogen-bond acceptors (Lipinski definition) is 1. The van der Waals surface area contributed by atoms with Gasteiger partial charge in [0, 0.05) is 6.07 Å². The van der Waals surface area contributed by atoms with Crippen molar-refractivity contribution in [3.8, 4) is 5.75 Å². The van der Waals surface area contributed by atoms with Crippen LogP contribution in [0.5, 0.6) is 5.75 Å². The summed E-state index contributed by atoms with van der Waals surface area (Å²) in [4.78, 5) is 0. The first-order valence-corrected chi connectivity index (χ1v) is 2.78. The van der Waals surface area contributed by atoms with Crippen LogP contribution in [0.2, 0.25) is 5.02 Å². The van der Waals surface area contributed by atoms with Gasteiger partial charge in [0.05, 0.1) is 10.7 Å². The number of phenols is 1. The van der Waals surface area contributed by atoms with Crippen molar-refractivity contribution < 1.29 is 5.11 Å². The van der Waals surface area contributed by atoms with Crippen molar-refractivity contribution in [1.29, 1.82) is 0 Å². The van der Waals surface area contributed by atoms with Crippen LogP contribution in [0, 0.1) is 0 Å². The van der Waals surface area contributed by atoms with Crippen molar-refractivity contribution in [3.05, 3.63) is 23.2 Å². The van der Waals surface area contributed by atoms with Gasteiger partial charge in [-0.2, -0.15) is 0 Å². The molecule has 1 rings (SSSR count). The van der Waals surface area contributed by atoms with Crippen molar-refractivity contribution in [3.63, 3.8) is 0 Å². The molecule has 0 spiro atoms. The molecule has 3 heteroatoms. The Labute approximate surface area is 57.9 Å². The average Bonchev–Trinajstić information content (AvgIpc) is 1.80. The summed E-state index contributed by atoms with van der Waals surface area (Å²) in [5, 5.41) is 9.13. The molecule has 0 saturated heterocycles. The number of benzene rings is 1. The van der Waals surface area contributed by atoms with Crippen LogP contribution in [0.4, 0.5) is 5.69 Å². The molecule has 0 aliphatic heterocycles. The van der Waals surface area contributed by atoms with Crippen LogP contribution in [0.25, 0.3) is 0 Å². The number of rotatable bonds is 0. The van der Waals surface area contributed by atoms with E-state index in [1.165, 1.54) is 18.2 Å². The Morgan fingerprint density at radius 2 is 2.11 bits per heavy atom. The lowest BCUT2D eigenvalue weighted by molar-refractivity contribution is 0.476. The third kappa shape index (κ3) is 1.27. The summed E-state index contributed by atoms with van der Waals surface area (Å²) in [6.45, 7) is 0. The van der Waals surface area contributed by atoms with Gasteiger partial charge < -0.3 is 10.8 Å². The maximum absolute atomic E-state index is 8.85. The van der Waals surface area contributed by atoms with Gasteiger partial charge in [0.1, 0.15) is 5.75 Å². The Kier molecular flexibility index (Phi) is 1.49. The zero-order valence-electron chi connectivity index (χ0n) is 4.56. The first-order valence-electron chi connectivity index (χ1n) is 2.40. The summed E-state index contributed by atoms with van der Waals surface area (Å²) in [6, 6.07) is 4.30. The van der Waals surface area contributed by atoms with Crippen molar-refractivity contribution >= 4 is 17.3 Å². The normalized spacial score (nSPS) is 9.44. The molecule has 0 aliphatic rings. The molecule has 0 saturated carbocycles. The largest absolute Gasteiger partial charge is 0.506 e. The van der Waals surface area contributed by atoms with Gasteiger partial charge in [0.25, 0.3) is 0 Å². The molecule has 2 nitrogen and oxygen atoms in total. The molecule has 0 unspecified atom stereocenters. The molecule has 1 aromatic rings. The lowest BCUT2D eigenvalue weighted by Crippen LogP contribution is -1.69. The molecule has 0 atom stereocenters. The van der Waals surface area contributed by atoms with E-state index in [1.54, 1.807) is 0 Å². The molecule has 0 aliphatic carbocycles. The second-order valence-electron chi connectivity index (χ2n) is 1.67. The number of phenolic OH excluding ortho intramolecular Hbond substituents is 1. The lowest BCUT2D eigenvalue weighted by atomic mass is 10.3. The predicted octanol–water partition coefficient (Wildman–Crippen LogP) is 1.96. The summed E-state index contributed by atoms with van der Waals surface area (Å²) in [5.74, 6) is -0.0378. The number of hydrogen-bond donors (Lipinski definition) is 1. The standard InChI is InChI=1S/C6H5ClNO/c7-5-2-1-4(8)3-6(5)9/h1-3,8-9H. The summed E-state index contributed by atoms with van der Waals surface area (Å²) in [5.41, 5.74) is 7.27. The van der Waals surface area contributed by atoms with Crippen LogP contribution in [-0.4, -0.2) is 5.11 Å². The minimum atomic E-state index is -0.0378. The summed E-state index contributed by atoms with van der Waals surface area (Å²) in [6.07, 6.45) is 0. The van der Waals surface area contributed by atoms with E-state index in [1.807, 2.05) is 0 Å². The number of nitrogens with one attached hydrogen (secondary N) is 1. The van der Waals surface area contributed by atoms with Gasteiger partial charge >= 0.3 is 0 Å². The zero-order valence-corrected chi connectivity index (χ0v) is 5.31. The molecule has 0 amide bonds. The van der Waals surface area contributed by atoms with Gasteiger partial charge in [0.2, 0.25) is 0 Å². The fraction of sp³-hybridized carbons (Fsp3) is 0. The van der Waals surface area contributed by atoms with Crippen LogP contribution >= 0.6 is 11.6 Å². The molecule has 0 bridgehead atoms. The molecule has 9 heavy (non-hydrogen) atoms. The van der Waals surface area contributed by atoms with Gasteiger partial charge in [-0.25, -0.2) is 0 Å². The second-order valence-corrected chi connectivity index (χ2v) is 2.07. The predicted molar refractivity (Wildman–Crippen MR) is 35.9 cm³/mol. The molecule has 0 heterocycles. The number of halogens is 1. The highest BCUT2D eigenvalue weighted by molar-refractivity contribution is 6.32. The maximum Gasteiger partial charge on any atom is 0.136 e. The fourth-order valence-electron chi connectivity index (χ4n) is 0.513. The van der Waals surface area contributed by atoms with Crippen LogP contribution in [-0.2, 0) is 0 Å². The van der Waals surface area contributed by atoms with Crippen LogP contribution in [0.1, 0.15) is 0 Å². The monoisotopic (exact) mass is 142 g/mol.